The second kappa shape index (κ2) is 6.54. The Morgan fingerprint density at radius 1 is 1.29 bits per heavy atom. The van der Waals surface area contributed by atoms with Crippen LogP contribution in [0.1, 0.15) is 11.1 Å². The molecule has 0 bridgehead atoms. The molecule has 0 fully saturated rings. The molecule has 1 aromatic carbocycles. The summed E-state index contributed by atoms with van der Waals surface area (Å²) >= 11 is 0. The van der Waals surface area contributed by atoms with E-state index in [2.05, 4.69) is 54.6 Å². The molecule has 3 aromatic rings. The van der Waals surface area contributed by atoms with Gasteiger partial charge in [0.1, 0.15) is 17.4 Å². The number of hydrogen-bond donors (Lipinski definition) is 3. The van der Waals surface area contributed by atoms with Crippen LogP contribution in [0.5, 0.6) is 0 Å². The monoisotopic (exact) mass is 324 g/mol. The Balaban J connectivity index is 1.33. The summed E-state index contributed by atoms with van der Waals surface area (Å²) in [5.41, 5.74) is 4.30. The van der Waals surface area contributed by atoms with Gasteiger partial charge < -0.3 is 10.4 Å². The molecule has 7 nitrogen and oxygen atoms in total. The van der Waals surface area contributed by atoms with E-state index in [1.165, 1.54) is 17.5 Å². The molecule has 4 rings (SSSR count). The predicted octanol–water partition coefficient (Wildman–Crippen LogP) is 1.18. The normalized spacial score (nSPS) is 16.0. The number of H-pyrrole nitrogens is 1. The molecular formula is C17H20N6O. The Hall–Kier alpha value is -2.51. The van der Waals surface area contributed by atoms with E-state index in [1.54, 1.807) is 6.20 Å². The third kappa shape index (κ3) is 3.08. The van der Waals surface area contributed by atoms with Crippen LogP contribution in [0, 0.1) is 0 Å². The lowest BCUT2D eigenvalue weighted by atomic mass is 10.00. The topological polar surface area (TPSA) is 90.0 Å². The van der Waals surface area contributed by atoms with Crippen molar-refractivity contribution in [3.05, 3.63) is 47.9 Å². The van der Waals surface area contributed by atoms with Gasteiger partial charge >= 0.3 is 0 Å². The van der Waals surface area contributed by atoms with Crippen LogP contribution in [0.15, 0.2) is 36.8 Å². The van der Waals surface area contributed by atoms with Gasteiger partial charge in [0.2, 0.25) is 0 Å². The lowest BCUT2D eigenvalue weighted by Gasteiger charge is -2.30. The van der Waals surface area contributed by atoms with E-state index in [1.807, 2.05) is 0 Å². The average Bonchev–Trinajstić information content (AvgIpc) is 3.03. The number of rotatable bonds is 5. The zero-order valence-electron chi connectivity index (χ0n) is 13.3. The lowest BCUT2D eigenvalue weighted by molar-refractivity contribution is 0.114. The highest BCUT2D eigenvalue weighted by Gasteiger charge is 2.18. The predicted molar refractivity (Wildman–Crippen MR) is 91.6 cm³/mol. The van der Waals surface area contributed by atoms with Crippen molar-refractivity contribution in [2.24, 2.45) is 0 Å². The van der Waals surface area contributed by atoms with Gasteiger partial charge in [-0.1, -0.05) is 24.3 Å². The maximum Gasteiger partial charge on any atom is 0.174 e. The molecule has 2 aromatic heterocycles. The smallest absolute Gasteiger partial charge is 0.174 e. The van der Waals surface area contributed by atoms with E-state index in [-0.39, 0.29) is 0 Å². The van der Waals surface area contributed by atoms with Gasteiger partial charge in [0.15, 0.2) is 5.82 Å². The molecule has 0 spiro atoms. The van der Waals surface area contributed by atoms with Crippen LogP contribution < -0.4 is 5.32 Å². The van der Waals surface area contributed by atoms with E-state index in [9.17, 15) is 5.11 Å². The number of nitrogens with one attached hydrogen (secondary N) is 2. The van der Waals surface area contributed by atoms with E-state index in [0.29, 0.717) is 18.9 Å². The standard InChI is InChI=1S/C17H20N6O/c24-14(7-19-17-16-15(21-22-17)8-18-11-20-16)10-23-6-5-12-3-1-2-4-13(12)9-23/h1-4,8,11,14,24H,5-7,9-10H2,(H2,19,21,22). The molecule has 1 aliphatic heterocycles. The maximum absolute atomic E-state index is 10.3. The van der Waals surface area contributed by atoms with Crippen LogP contribution >= 0.6 is 0 Å². The minimum Gasteiger partial charge on any atom is -0.390 e. The van der Waals surface area contributed by atoms with Crippen LogP contribution in [-0.2, 0) is 13.0 Å². The molecule has 0 radical (unpaired) electrons. The zero-order valence-corrected chi connectivity index (χ0v) is 13.3. The minimum atomic E-state index is -0.469. The van der Waals surface area contributed by atoms with Crippen molar-refractivity contribution in [2.75, 3.05) is 25.0 Å². The number of fused-ring (bicyclic) bond motifs is 2. The molecule has 124 valence electrons. The van der Waals surface area contributed by atoms with Crippen LogP contribution in [-0.4, -0.2) is 55.9 Å². The molecule has 1 atom stereocenters. The molecule has 3 N–H and O–H groups in total. The molecule has 24 heavy (non-hydrogen) atoms. The van der Waals surface area contributed by atoms with E-state index in [4.69, 9.17) is 0 Å². The first kappa shape index (κ1) is 15.0. The van der Waals surface area contributed by atoms with Crippen LogP contribution in [0.3, 0.4) is 0 Å². The van der Waals surface area contributed by atoms with Gasteiger partial charge in [-0.3, -0.25) is 10.00 Å². The first-order valence-corrected chi connectivity index (χ1v) is 8.15. The molecule has 7 heteroatoms. The maximum atomic E-state index is 10.3. The number of β-amino-alcohol motifs (C(OH)–C–C–N with tert-alkyl or cyclic N) is 1. The Morgan fingerprint density at radius 3 is 3.08 bits per heavy atom. The van der Waals surface area contributed by atoms with Crippen molar-refractivity contribution in [1.29, 1.82) is 0 Å². The Bertz CT molecular complexity index is 833. The van der Waals surface area contributed by atoms with Gasteiger partial charge in [0.25, 0.3) is 0 Å². The Morgan fingerprint density at radius 2 is 2.17 bits per heavy atom. The zero-order chi connectivity index (χ0) is 16.4. The fourth-order valence-corrected chi connectivity index (χ4v) is 3.18. The number of hydrogen-bond acceptors (Lipinski definition) is 6. The Kier molecular flexibility index (Phi) is 4.10. The van der Waals surface area contributed by atoms with Crippen molar-refractivity contribution in [3.8, 4) is 0 Å². The second-order valence-corrected chi connectivity index (χ2v) is 6.15. The van der Waals surface area contributed by atoms with Crippen molar-refractivity contribution >= 4 is 16.9 Å². The molecule has 0 amide bonds. The number of aliphatic hydroxyl groups is 1. The van der Waals surface area contributed by atoms with Gasteiger partial charge in [-0.25, -0.2) is 9.97 Å². The molecule has 3 heterocycles. The summed E-state index contributed by atoms with van der Waals surface area (Å²) in [5.74, 6) is 0.649. The van der Waals surface area contributed by atoms with Crippen molar-refractivity contribution in [1.82, 2.24) is 25.1 Å². The van der Waals surface area contributed by atoms with Crippen LogP contribution in [0.25, 0.3) is 11.0 Å². The van der Waals surface area contributed by atoms with Crippen molar-refractivity contribution in [3.63, 3.8) is 0 Å². The third-order valence-electron chi connectivity index (χ3n) is 4.41. The summed E-state index contributed by atoms with van der Waals surface area (Å²) in [4.78, 5) is 10.4. The first-order chi connectivity index (χ1) is 11.8. The summed E-state index contributed by atoms with van der Waals surface area (Å²) in [5, 5.41) is 20.6. The molecule has 0 saturated heterocycles. The molecule has 1 aliphatic rings. The minimum absolute atomic E-state index is 0.433. The van der Waals surface area contributed by atoms with E-state index in [0.717, 1.165) is 30.5 Å². The number of anilines is 1. The van der Waals surface area contributed by atoms with Crippen molar-refractivity contribution < 1.29 is 5.11 Å². The second-order valence-electron chi connectivity index (χ2n) is 6.15. The number of aliphatic hydroxyl groups excluding tert-OH is 1. The van der Waals surface area contributed by atoms with Crippen LogP contribution in [0.2, 0.25) is 0 Å². The Labute approximate surface area is 139 Å². The fraction of sp³-hybridized carbons (Fsp3) is 0.353. The fourth-order valence-electron chi connectivity index (χ4n) is 3.18. The highest BCUT2D eigenvalue weighted by Crippen LogP contribution is 2.19. The summed E-state index contributed by atoms with van der Waals surface area (Å²) in [7, 11) is 0. The number of aromatic amines is 1. The van der Waals surface area contributed by atoms with Gasteiger partial charge in [-0.05, 0) is 17.5 Å². The average molecular weight is 324 g/mol. The third-order valence-corrected chi connectivity index (χ3v) is 4.41. The quantitative estimate of drug-likeness (QED) is 0.653. The lowest BCUT2D eigenvalue weighted by Crippen LogP contribution is -2.39. The largest absolute Gasteiger partial charge is 0.390 e. The summed E-state index contributed by atoms with van der Waals surface area (Å²) in [6.07, 6.45) is 3.74. The van der Waals surface area contributed by atoms with Gasteiger partial charge in [0, 0.05) is 26.2 Å². The summed E-state index contributed by atoms with van der Waals surface area (Å²) < 4.78 is 0. The van der Waals surface area contributed by atoms with Gasteiger partial charge in [-0.2, -0.15) is 5.10 Å². The van der Waals surface area contributed by atoms with Gasteiger partial charge in [-0.15, -0.1) is 0 Å². The van der Waals surface area contributed by atoms with E-state index >= 15 is 0 Å². The summed E-state index contributed by atoms with van der Waals surface area (Å²) in [6.45, 7) is 2.94. The molecule has 0 aliphatic carbocycles. The SMILES string of the molecule is OC(CNc1n[nH]c2cncnc12)CN1CCc2ccccc2C1. The van der Waals surface area contributed by atoms with Crippen LogP contribution in [0.4, 0.5) is 5.82 Å². The highest BCUT2D eigenvalue weighted by molar-refractivity contribution is 5.84. The number of aromatic nitrogens is 4. The number of benzene rings is 1. The van der Waals surface area contributed by atoms with Crippen molar-refractivity contribution in [2.45, 2.75) is 19.1 Å². The first-order valence-electron chi connectivity index (χ1n) is 8.15. The van der Waals surface area contributed by atoms with E-state index < -0.39 is 6.10 Å². The highest BCUT2D eigenvalue weighted by atomic mass is 16.3. The van der Waals surface area contributed by atoms with Gasteiger partial charge in [0.05, 0.1) is 12.3 Å². The molecular weight excluding hydrogens is 304 g/mol. The number of nitrogens with zero attached hydrogens (tertiary/aromatic N) is 4. The molecule has 0 saturated carbocycles. The molecule has 1 unspecified atom stereocenters. The summed E-state index contributed by atoms with van der Waals surface area (Å²) in [6, 6.07) is 8.52.